The zero-order chi connectivity index (χ0) is 12.5. The molecule has 0 aliphatic carbocycles. The highest BCUT2D eigenvalue weighted by Crippen LogP contribution is 2.02. The molecule has 1 atom stereocenters. The smallest absolute Gasteiger partial charge is 0.0945 e. The summed E-state index contributed by atoms with van der Waals surface area (Å²) in [7, 11) is 1.76. The molecule has 1 aromatic rings. The maximum atomic E-state index is 5.21. The van der Waals surface area contributed by atoms with Gasteiger partial charge < -0.3 is 14.6 Å². The lowest BCUT2D eigenvalue weighted by atomic mass is 10.1. The summed E-state index contributed by atoms with van der Waals surface area (Å²) in [5, 5.41) is 3.55. The predicted octanol–water partition coefficient (Wildman–Crippen LogP) is 1.92. The lowest BCUT2D eigenvalue weighted by Crippen LogP contribution is -2.38. The van der Waals surface area contributed by atoms with E-state index in [1.165, 1.54) is 12.8 Å². The van der Waals surface area contributed by atoms with Crippen molar-refractivity contribution >= 4 is 0 Å². The maximum absolute atomic E-state index is 5.21. The van der Waals surface area contributed by atoms with Crippen molar-refractivity contribution in [3.05, 3.63) is 18.7 Å². The van der Waals surface area contributed by atoms with Crippen LogP contribution in [0.4, 0.5) is 0 Å². The van der Waals surface area contributed by atoms with E-state index in [1.807, 2.05) is 18.7 Å². The van der Waals surface area contributed by atoms with Crippen LogP contribution in [0.1, 0.15) is 26.7 Å². The fourth-order valence-electron chi connectivity index (χ4n) is 1.79. The Morgan fingerprint density at radius 1 is 1.35 bits per heavy atom. The molecule has 0 spiro atoms. The second-order valence-corrected chi connectivity index (χ2v) is 4.77. The summed E-state index contributed by atoms with van der Waals surface area (Å²) >= 11 is 0. The molecular weight excluding hydrogens is 214 g/mol. The summed E-state index contributed by atoms with van der Waals surface area (Å²) in [6.07, 6.45) is 8.07. The number of aryl methyl sites for hydroxylation is 1. The van der Waals surface area contributed by atoms with Gasteiger partial charge in [-0.2, -0.15) is 0 Å². The molecule has 4 nitrogen and oxygen atoms in total. The van der Waals surface area contributed by atoms with Gasteiger partial charge in [-0.05, 0) is 25.3 Å². The van der Waals surface area contributed by atoms with E-state index in [0.717, 1.165) is 19.7 Å². The molecule has 1 unspecified atom stereocenters. The van der Waals surface area contributed by atoms with Gasteiger partial charge in [-0.1, -0.05) is 13.8 Å². The van der Waals surface area contributed by atoms with E-state index in [4.69, 9.17) is 4.74 Å². The third-order valence-electron chi connectivity index (χ3n) is 2.96. The molecule has 4 heteroatoms. The molecule has 1 N–H and O–H groups in total. The molecule has 1 heterocycles. The van der Waals surface area contributed by atoms with Crippen molar-refractivity contribution in [2.75, 3.05) is 20.3 Å². The van der Waals surface area contributed by atoms with E-state index in [1.54, 1.807) is 7.11 Å². The highest BCUT2D eigenvalue weighted by Gasteiger charge is 2.11. The van der Waals surface area contributed by atoms with E-state index >= 15 is 0 Å². The minimum atomic E-state index is 0.466. The highest BCUT2D eigenvalue weighted by atomic mass is 16.5. The number of aromatic nitrogens is 2. The van der Waals surface area contributed by atoms with Gasteiger partial charge in [0.05, 0.1) is 12.9 Å². The van der Waals surface area contributed by atoms with Crippen molar-refractivity contribution in [1.29, 1.82) is 0 Å². The monoisotopic (exact) mass is 239 g/mol. The Kier molecular flexibility index (Phi) is 6.89. The molecule has 0 aromatic carbocycles. The van der Waals surface area contributed by atoms with Crippen LogP contribution in [0.15, 0.2) is 18.7 Å². The van der Waals surface area contributed by atoms with Gasteiger partial charge in [-0.25, -0.2) is 4.98 Å². The first kappa shape index (κ1) is 14.2. The molecule has 98 valence electrons. The standard InChI is InChI=1S/C13H25N3O/c1-12(2)13(10-17-3)15-6-4-5-8-16-9-7-14-11-16/h7,9,11-13,15H,4-6,8,10H2,1-3H3. The lowest BCUT2D eigenvalue weighted by Gasteiger charge is -2.21. The maximum Gasteiger partial charge on any atom is 0.0945 e. The van der Waals surface area contributed by atoms with Gasteiger partial charge in [0, 0.05) is 32.1 Å². The van der Waals surface area contributed by atoms with Gasteiger partial charge in [-0.3, -0.25) is 0 Å². The zero-order valence-electron chi connectivity index (χ0n) is 11.2. The summed E-state index contributed by atoms with van der Waals surface area (Å²) < 4.78 is 7.33. The van der Waals surface area contributed by atoms with Crippen LogP contribution in [0.3, 0.4) is 0 Å². The number of nitrogens with zero attached hydrogens (tertiary/aromatic N) is 2. The van der Waals surface area contributed by atoms with E-state index in [0.29, 0.717) is 12.0 Å². The normalized spacial score (nSPS) is 13.2. The molecule has 1 aromatic heterocycles. The summed E-state index contributed by atoms with van der Waals surface area (Å²) in [5.74, 6) is 0.614. The largest absolute Gasteiger partial charge is 0.383 e. The fraction of sp³-hybridized carbons (Fsp3) is 0.769. The Bertz CT molecular complexity index is 272. The molecule has 1 rings (SSSR count). The molecule has 0 amide bonds. The first-order valence-corrected chi connectivity index (χ1v) is 6.42. The number of imidazole rings is 1. The van der Waals surface area contributed by atoms with Crippen LogP contribution in [-0.2, 0) is 11.3 Å². The van der Waals surface area contributed by atoms with Crippen LogP contribution in [0, 0.1) is 5.92 Å². The Balaban J connectivity index is 2.06. The Morgan fingerprint density at radius 3 is 2.76 bits per heavy atom. The molecule has 0 bridgehead atoms. The SMILES string of the molecule is COCC(NCCCCn1ccnc1)C(C)C. The Labute approximate surface area is 104 Å². The number of unbranched alkanes of at least 4 members (excludes halogenated alkanes) is 1. The lowest BCUT2D eigenvalue weighted by molar-refractivity contribution is 0.147. The minimum absolute atomic E-state index is 0.466. The van der Waals surface area contributed by atoms with Crippen LogP contribution in [0.5, 0.6) is 0 Å². The van der Waals surface area contributed by atoms with Crippen molar-refractivity contribution in [1.82, 2.24) is 14.9 Å². The number of hydrogen-bond donors (Lipinski definition) is 1. The van der Waals surface area contributed by atoms with Crippen molar-refractivity contribution in [2.24, 2.45) is 5.92 Å². The average Bonchev–Trinajstić information content (AvgIpc) is 2.80. The summed E-state index contributed by atoms with van der Waals surface area (Å²) in [6, 6.07) is 0.466. The highest BCUT2D eigenvalue weighted by molar-refractivity contribution is 4.74. The van der Waals surface area contributed by atoms with E-state index < -0.39 is 0 Å². The van der Waals surface area contributed by atoms with E-state index in [9.17, 15) is 0 Å². The molecule has 0 fully saturated rings. The molecule has 0 saturated heterocycles. The first-order valence-electron chi connectivity index (χ1n) is 6.42. The van der Waals surface area contributed by atoms with Crippen LogP contribution >= 0.6 is 0 Å². The second kappa shape index (κ2) is 8.25. The van der Waals surface area contributed by atoms with Crippen LogP contribution in [0.25, 0.3) is 0 Å². The van der Waals surface area contributed by atoms with Gasteiger partial charge in [0.2, 0.25) is 0 Å². The van der Waals surface area contributed by atoms with Crippen molar-refractivity contribution in [2.45, 2.75) is 39.3 Å². The van der Waals surface area contributed by atoms with Crippen LogP contribution in [-0.4, -0.2) is 35.9 Å². The van der Waals surface area contributed by atoms with Gasteiger partial charge in [0.25, 0.3) is 0 Å². The van der Waals surface area contributed by atoms with Gasteiger partial charge >= 0.3 is 0 Å². The van der Waals surface area contributed by atoms with Gasteiger partial charge in [-0.15, -0.1) is 0 Å². The molecule has 0 saturated carbocycles. The van der Waals surface area contributed by atoms with Crippen molar-refractivity contribution in [3.8, 4) is 0 Å². The van der Waals surface area contributed by atoms with Gasteiger partial charge in [0.15, 0.2) is 0 Å². The summed E-state index contributed by atoms with van der Waals surface area (Å²) in [4.78, 5) is 4.03. The molecule has 0 aliphatic rings. The molecule has 17 heavy (non-hydrogen) atoms. The zero-order valence-corrected chi connectivity index (χ0v) is 11.2. The van der Waals surface area contributed by atoms with Crippen LogP contribution < -0.4 is 5.32 Å². The molecular formula is C13H25N3O. The number of ether oxygens (including phenoxy) is 1. The Hall–Kier alpha value is -0.870. The number of hydrogen-bond acceptors (Lipinski definition) is 3. The fourth-order valence-corrected chi connectivity index (χ4v) is 1.79. The number of rotatable bonds is 9. The Morgan fingerprint density at radius 2 is 2.18 bits per heavy atom. The quantitative estimate of drug-likeness (QED) is 0.669. The van der Waals surface area contributed by atoms with E-state index in [-0.39, 0.29) is 0 Å². The third kappa shape index (κ3) is 5.84. The predicted molar refractivity (Wildman–Crippen MR) is 70.0 cm³/mol. The minimum Gasteiger partial charge on any atom is -0.383 e. The van der Waals surface area contributed by atoms with E-state index in [2.05, 4.69) is 28.7 Å². The topological polar surface area (TPSA) is 39.1 Å². The molecule has 0 aliphatic heterocycles. The third-order valence-corrected chi connectivity index (χ3v) is 2.96. The van der Waals surface area contributed by atoms with Crippen LogP contribution in [0.2, 0.25) is 0 Å². The summed E-state index contributed by atoms with van der Waals surface area (Å²) in [6.45, 7) is 7.35. The first-order chi connectivity index (χ1) is 8.24. The number of nitrogens with one attached hydrogen (secondary N) is 1. The average molecular weight is 239 g/mol. The molecule has 0 radical (unpaired) electrons. The summed E-state index contributed by atoms with van der Waals surface area (Å²) in [5.41, 5.74) is 0. The van der Waals surface area contributed by atoms with Gasteiger partial charge in [0.1, 0.15) is 0 Å². The van der Waals surface area contributed by atoms with Crippen molar-refractivity contribution in [3.63, 3.8) is 0 Å². The second-order valence-electron chi connectivity index (χ2n) is 4.77. The van der Waals surface area contributed by atoms with Crippen molar-refractivity contribution < 1.29 is 4.74 Å². The number of methoxy groups -OCH3 is 1.